The van der Waals surface area contributed by atoms with Crippen molar-refractivity contribution in [2.45, 2.75) is 19.4 Å². The highest BCUT2D eigenvalue weighted by Crippen LogP contribution is 2.43. The number of benzene rings is 1. The van der Waals surface area contributed by atoms with Gasteiger partial charge in [-0.05, 0) is 30.7 Å². The van der Waals surface area contributed by atoms with E-state index in [1.165, 1.54) is 13.1 Å². The molecule has 0 amide bonds. The molecule has 26 heavy (non-hydrogen) atoms. The Labute approximate surface area is 149 Å². The molecule has 3 heterocycles. The number of allylic oxidation sites excluding steroid dienone is 2. The summed E-state index contributed by atoms with van der Waals surface area (Å²) in [6.07, 6.45) is 7.11. The number of furan rings is 2. The van der Waals surface area contributed by atoms with Crippen LogP contribution in [-0.2, 0) is 11.2 Å². The third kappa shape index (κ3) is 2.10. The molecule has 1 N–H and O–H groups in total. The highest BCUT2D eigenvalue weighted by atomic mass is 16.3. The predicted molar refractivity (Wildman–Crippen MR) is 98.2 cm³/mol. The Morgan fingerprint density at radius 3 is 2.92 bits per heavy atom. The van der Waals surface area contributed by atoms with Gasteiger partial charge in [0.15, 0.2) is 5.78 Å². The molecule has 0 saturated carbocycles. The van der Waals surface area contributed by atoms with Gasteiger partial charge in [0, 0.05) is 34.7 Å². The Morgan fingerprint density at radius 1 is 1.27 bits per heavy atom. The van der Waals surface area contributed by atoms with Crippen molar-refractivity contribution < 1.29 is 18.7 Å². The maximum atomic E-state index is 11.6. The van der Waals surface area contributed by atoms with E-state index in [1.807, 2.05) is 24.3 Å². The van der Waals surface area contributed by atoms with Gasteiger partial charge in [-0.3, -0.25) is 9.79 Å². The van der Waals surface area contributed by atoms with Crippen LogP contribution in [0.1, 0.15) is 18.2 Å². The minimum absolute atomic E-state index is 0.0638. The van der Waals surface area contributed by atoms with Gasteiger partial charge in [0.1, 0.15) is 17.1 Å². The highest BCUT2D eigenvalue weighted by molar-refractivity contribution is 6.14. The van der Waals surface area contributed by atoms with E-state index in [0.717, 1.165) is 39.0 Å². The number of carbonyl (C=O) groups is 1. The Morgan fingerprint density at radius 2 is 2.15 bits per heavy atom. The SMILES string of the molecule is CC(=O)C1=C(O)C=C2c3oc4cc(-c5ccoc5)ccc4c3CC2N=C1. The molecule has 0 saturated heterocycles. The molecule has 1 unspecified atom stereocenters. The molecule has 0 spiro atoms. The average molecular weight is 345 g/mol. The zero-order valence-corrected chi connectivity index (χ0v) is 14.0. The standard InChI is InChI=1S/C21H15NO4/c1-11(23)17-9-22-18-7-15-14-3-2-12(13-4-5-25-10-13)6-20(14)26-21(15)16(18)8-19(17)24/h2-6,8-10,18,24H,7H2,1H3. The van der Waals surface area contributed by atoms with Crippen LogP contribution in [0.3, 0.4) is 0 Å². The van der Waals surface area contributed by atoms with Crippen LogP contribution in [0.5, 0.6) is 0 Å². The Balaban J connectivity index is 1.65. The number of ketones is 1. The first kappa shape index (κ1) is 15.0. The maximum Gasteiger partial charge on any atom is 0.165 e. The van der Waals surface area contributed by atoms with Crippen molar-refractivity contribution in [3.8, 4) is 11.1 Å². The van der Waals surface area contributed by atoms with E-state index >= 15 is 0 Å². The number of nitrogens with zero attached hydrogens (tertiary/aromatic N) is 1. The Kier molecular flexibility index (Phi) is 3.06. The largest absolute Gasteiger partial charge is 0.507 e. The van der Waals surface area contributed by atoms with E-state index in [1.54, 1.807) is 18.6 Å². The molecule has 3 aromatic rings. The Hall–Kier alpha value is -3.34. The lowest BCUT2D eigenvalue weighted by molar-refractivity contribution is -0.113. The predicted octanol–water partition coefficient (Wildman–Crippen LogP) is 4.49. The summed E-state index contributed by atoms with van der Waals surface area (Å²) in [6.45, 7) is 1.42. The van der Waals surface area contributed by atoms with E-state index < -0.39 is 0 Å². The number of carbonyl (C=O) groups excluding carboxylic acids is 1. The number of hydrogen-bond donors (Lipinski definition) is 1. The van der Waals surface area contributed by atoms with Crippen LogP contribution in [0.2, 0.25) is 0 Å². The van der Waals surface area contributed by atoms with Crippen molar-refractivity contribution in [1.82, 2.24) is 0 Å². The van der Waals surface area contributed by atoms with Crippen molar-refractivity contribution in [2.75, 3.05) is 0 Å². The second-order valence-corrected chi connectivity index (χ2v) is 6.59. The fourth-order valence-corrected chi connectivity index (χ4v) is 3.67. The van der Waals surface area contributed by atoms with Gasteiger partial charge in [-0.25, -0.2) is 0 Å². The minimum Gasteiger partial charge on any atom is -0.507 e. The molecule has 5 nitrogen and oxygen atoms in total. The van der Waals surface area contributed by atoms with Crippen LogP contribution in [0.15, 0.2) is 68.0 Å². The van der Waals surface area contributed by atoms with Crippen molar-refractivity contribution in [3.63, 3.8) is 0 Å². The number of fused-ring (bicyclic) bond motifs is 5. The molecule has 1 aliphatic carbocycles. The van der Waals surface area contributed by atoms with Crippen LogP contribution in [-0.4, -0.2) is 23.1 Å². The lowest BCUT2D eigenvalue weighted by Crippen LogP contribution is -2.04. The maximum absolute atomic E-state index is 11.6. The average Bonchev–Trinajstić information content (AvgIpc) is 3.29. The molecule has 0 bridgehead atoms. The summed E-state index contributed by atoms with van der Waals surface area (Å²) in [5.74, 6) is 0.464. The summed E-state index contributed by atoms with van der Waals surface area (Å²) < 4.78 is 11.3. The van der Waals surface area contributed by atoms with E-state index in [9.17, 15) is 9.90 Å². The van der Waals surface area contributed by atoms with Gasteiger partial charge < -0.3 is 13.9 Å². The third-order valence-corrected chi connectivity index (χ3v) is 5.00. The summed E-state index contributed by atoms with van der Waals surface area (Å²) >= 11 is 0. The first-order chi connectivity index (χ1) is 12.6. The van der Waals surface area contributed by atoms with Gasteiger partial charge in [-0.1, -0.05) is 12.1 Å². The van der Waals surface area contributed by atoms with Crippen LogP contribution in [0, 0.1) is 0 Å². The quantitative estimate of drug-likeness (QED) is 0.742. The summed E-state index contributed by atoms with van der Waals surface area (Å²) in [5.41, 5.74) is 4.93. The molecule has 1 aromatic carbocycles. The summed E-state index contributed by atoms with van der Waals surface area (Å²) in [7, 11) is 0. The normalized spacial score (nSPS) is 18.7. The van der Waals surface area contributed by atoms with Crippen molar-refractivity contribution in [1.29, 1.82) is 0 Å². The topological polar surface area (TPSA) is 75.9 Å². The molecular formula is C21H15NO4. The monoisotopic (exact) mass is 345 g/mol. The van der Waals surface area contributed by atoms with Crippen molar-refractivity contribution in [3.05, 3.63) is 65.5 Å². The minimum atomic E-state index is -0.211. The van der Waals surface area contributed by atoms with Crippen molar-refractivity contribution in [2.24, 2.45) is 4.99 Å². The highest BCUT2D eigenvalue weighted by Gasteiger charge is 2.33. The third-order valence-electron chi connectivity index (χ3n) is 5.00. The molecule has 2 aliphatic rings. The fraction of sp³-hybridized carbons (Fsp3) is 0.143. The molecule has 0 fully saturated rings. The number of aliphatic hydroxyl groups excluding tert-OH is 1. The molecule has 1 atom stereocenters. The zero-order valence-electron chi connectivity index (χ0n) is 14.0. The van der Waals surface area contributed by atoms with Gasteiger partial charge in [-0.15, -0.1) is 0 Å². The van der Waals surface area contributed by atoms with E-state index in [2.05, 4.69) is 4.99 Å². The smallest absolute Gasteiger partial charge is 0.165 e. The summed E-state index contributed by atoms with van der Waals surface area (Å²) in [5, 5.41) is 11.3. The van der Waals surface area contributed by atoms with Crippen LogP contribution < -0.4 is 0 Å². The molecule has 128 valence electrons. The fourth-order valence-electron chi connectivity index (χ4n) is 3.67. The van der Waals surface area contributed by atoms with E-state index in [-0.39, 0.29) is 23.2 Å². The van der Waals surface area contributed by atoms with Gasteiger partial charge in [0.2, 0.25) is 0 Å². The number of aliphatic hydroxyl groups is 1. The van der Waals surface area contributed by atoms with E-state index in [4.69, 9.17) is 8.83 Å². The van der Waals surface area contributed by atoms with Gasteiger partial charge in [0.05, 0.1) is 24.1 Å². The molecule has 2 aromatic heterocycles. The van der Waals surface area contributed by atoms with Crippen LogP contribution in [0.4, 0.5) is 0 Å². The molecule has 1 aliphatic heterocycles. The van der Waals surface area contributed by atoms with Gasteiger partial charge in [-0.2, -0.15) is 0 Å². The van der Waals surface area contributed by atoms with Crippen LogP contribution >= 0.6 is 0 Å². The van der Waals surface area contributed by atoms with Gasteiger partial charge >= 0.3 is 0 Å². The first-order valence-electron chi connectivity index (χ1n) is 8.39. The molecular weight excluding hydrogens is 330 g/mol. The second-order valence-electron chi connectivity index (χ2n) is 6.59. The lowest BCUT2D eigenvalue weighted by Gasteiger charge is -2.05. The van der Waals surface area contributed by atoms with E-state index in [0.29, 0.717) is 6.42 Å². The van der Waals surface area contributed by atoms with Crippen LogP contribution in [0.25, 0.3) is 27.7 Å². The summed E-state index contributed by atoms with van der Waals surface area (Å²) in [4.78, 5) is 16.1. The zero-order chi connectivity index (χ0) is 17.8. The first-order valence-corrected chi connectivity index (χ1v) is 8.39. The Bertz CT molecular complexity index is 1140. The van der Waals surface area contributed by atoms with Gasteiger partial charge in [0.25, 0.3) is 0 Å². The lowest BCUT2D eigenvalue weighted by atomic mass is 10.0. The molecule has 5 rings (SSSR count). The second kappa shape index (κ2) is 5.33. The summed E-state index contributed by atoms with van der Waals surface area (Å²) in [6, 6.07) is 7.85. The molecule has 0 radical (unpaired) electrons. The molecule has 5 heteroatoms. The van der Waals surface area contributed by atoms with Crippen molar-refractivity contribution >= 4 is 28.5 Å². The number of aliphatic imine (C=N–C) groups is 1. The number of rotatable bonds is 2. The number of Topliss-reactive ketones (excluding diaryl/α,β-unsaturated/α-hetero) is 1. The number of hydrogen-bond acceptors (Lipinski definition) is 5.